The van der Waals surface area contributed by atoms with Gasteiger partial charge < -0.3 is 43.6 Å². The van der Waals surface area contributed by atoms with E-state index in [1.807, 2.05) is 24.0 Å². The highest BCUT2D eigenvalue weighted by atomic mass is 19.1. The van der Waals surface area contributed by atoms with Gasteiger partial charge in [-0.2, -0.15) is 0 Å². The molecule has 2 N–H and O–H groups in total. The number of aliphatic hydroxyl groups excluding tert-OH is 2. The fourth-order valence-corrected chi connectivity index (χ4v) is 10.2. The Bertz CT molecular complexity index is 2460. The van der Waals surface area contributed by atoms with Gasteiger partial charge in [-0.3, -0.25) is 14.9 Å². The van der Waals surface area contributed by atoms with Gasteiger partial charge in [0.05, 0.1) is 23.2 Å². The first-order valence-corrected chi connectivity index (χ1v) is 23.2. The standard InChI is InChI=1S/C52H58FN3O11/c1-3-23-55(51(59)36-17-21-46-47(28-36)64-33-63-46)48-30-44(54-66-31-34-15-18-38(19-16-34)56(60)61)41-27-35(11-7-9-24-57)40(13-8-10-25-58)49-42-29-39(62-32-37-12-5-6-14-43(37)53)20-22-45(42)67-52(48,50(41)49)65-26-4-2/h4-6,12,14-22,27-29,35,40,48-50,57-58H,2-3,7-11,13,23-26,30-33H2,1H3/t35-,40+,48-,49+,50+,52+/m0/s1. The van der Waals surface area contributed by atoms with Gasteiger partial charge in [-0.05, 0) is 110 Å². The number of non-ortho nitro benzene ring substituents is 1. The van der Waals surface area contributed by atoms with Gasteiger partial charge in [-0.15, -0.1) is 6.58 Å². The monoisotopic (exact) mass is 919 g/mol. The maximum atomic E-state index is 15.2. The largest absolute Gasteiger partial charge is 0.489 e. The van der Waals surface area contributed by atoms with Crippen LogP contribution in [0.1, 0.15) is 91.3 Å². The predicted molar refractivity (Wildman–Crippen MR) is 247 cm³/mol. The summed E-state index contributed by atoms with van der Waals surface area (Å²) < 4.78 is 46.9. The maximum Gasteiger partial charge on any atom is 0.269 e. The number of hydrogen-bond donors (Lipinski definition) is 2. The van der Waals surface area contributed by atoms with Crippen molar-refractivity contribution in [1.29, 1.82) is 0 Å². The average Bonchev–Trinajstić information content (AvgIpc) is 3.82. The third-order valence-electron chi connectivity index (χ3n) is 13.3. The predicted octanol–water partition coefficient (Wildman–Crippen LogP) is 9.43. The Balaban J connectivity index is 1.30. The second kappa shape index (κ2) is 21.6. The van der Waals surface area contributed by atoms with E-state index in [0.29, 0.717) is 71.2 Å². The summed E-state index contributed by atoms with van der Waals surface area (Å²) in [5.41, 5.74) is 3.74. The number of allylic oxidation sites excluding steroid dienone is 1. The second-order valence-corrected chi connectivity index (χ2v) is 17.4. The van der Waals surface area contributed by atoms with E-state index in [1.54, 1.807) is 60.7 Å². The number of amides is 1. The first kappa shape index (κ1) is 47.2. The highest BCUT2D eigenvalue weighted by Gasteiger charge is 2.65. The normalized spacial score (nSPS) is 22.8. The summed E-state index contributed by atoms with van der Waals surface area (Å²) in [4.78, 5) is 34.1. The zero-order chi connectivity index (χ0) is 46.9. The minimum absolute atomic E-state index is 0.000585. The molecule has 2 heterocycles. The lowest BCUT2D eigenvalue weighted by molar-refractivity contribution is -0.384. The van der Waals surface area contributed by atoms with Crippen LogP contribution in [0.2, 0.25) is 0 Å². The van der Waals surface area contributed by atoms with Crippen LogP contribution >= 0.6 is 0 Å². The topological polar surface area (TPSA) is 172 Å². The first-order valence-electron chi connectivity index (χ1n) is 23.2. The Morgan fingerprint density at radius 1 is 0.970 bits per heavy atom. The number of unbranched alkanes of at least 4 members (excludes halogenated alkanes) is 2. The van der Waals surface area contributed by atoms with Gasteiger partial charge >= 0.3 is 0 Å². The number of nitro benzene ring substituents is 1. The van der Waals surface area contributed by atoms with Crippen molar-refractivity contribution < 1.29 is 52.8 Å². The van der Waals surface area contributed by atoms with E-state index in [2.05, 4.69) is 12.7 Å². The number of fused-ring (bicyclic) bond motifs is 3. The molecule has 2 aliphatic carbocycles. The zero-order valence-electron chi connectivity index (χ0n) is 37.7. The Hall–Kier alpha value is -6.29. The number of hydrogen-bond acceptors (Lipinski definition) is 12. The highest BCUT2D eigenvalue weighted by Crippen LogP contribution is 2.62. The molecule has 0 saturated heterocycles. The summed E-state index contributed by atoms with van der Waals surface area (Å²) in [6, 6.07) is 22.6. The van der Waals surface area contributed by atoms with Crippen molar-refractivity contribution in [2.45, 2.75) is 89.3 Å². The molecule has 1 saturated carbocycles. The Kier molecular flexibility index (Phi) is 15.2. The molecule has 1 fully saturated rings. The molecule has 14 nitrogen and oxygen atoms in total. The van der Waals surface area contributed by atoms with Crippen molar-refractivity contribution >= 4 is 17.3 Å². The molecule has 8 rings (SSSR count). The molecule has 4 aliphatic rings. The van der Waals surface area contributed by atoms with Crippen LogP contribution in [-0.4, -0.2) is 76.6 Å². The van der Waals surface area contributed by atoms with Crippen LogP contribution in [0.25, 0.3) is 0 Å². The minimum atomic E-state index is -1.50. The molecule has 67 heavy (non-hydrogen) atoms. The molecule has 0 bridgehead atoms. The van der Waals surface area contributed by atoms with E-state index in [0.717, 1.165) is 36.8 Å². The summed E-state index contributed by atoms with van der Waals surface area (Å²) in [7, 11) is 0. The number of carbonyl (C=O) groups excluding carboxylic acids is 1. The number of ether oxygens (including phenoxy) is 5. The molecular formula is C52H58FN3O11. The lowest BCUT2D eigenvalue weighted by Gasteiger charge is -2.60. The van der Waals surface area contributed by atoms with Gasteiger partial charge in [-0.25, -0.2) is 4.39 Å². The Morgan fingerprint density at radius 2 is 1.73 bits per heavy atom. The Labute approximate surface area is 389 Å². The molecule has 15 heteroatoms. The van der Waals surface area contributed by atoms with Crippen LogP contribution in [0.15, 0.2) is 114 Å². The van der Waals surface area contributed by atoms with E-state index in [9.17, 15) is 24.7 Å². The van der Waals surface area contributed by atoms with Crippen molar-refractivity contribution in [3.05, 3.63) is 147 Å². The smallest absolute Gasteiger partial charge is 0.269 e. The van der Waals surface area contributed by atoms with Crippen LogP contribution < -0.4 is 18.9 Å². The quantitative estimate of drug-likeness (QED) is 0.0333. The minimum Gasteiger partial charge on any atom is -0.489 e. The molecule has 354 valence electrons. The Morgan fingerprint density at radius 3 is 2.48 bits per heavy atom. The number of benzene rings is 4. The van der Waals surface area contributed by atoms with E-state index in [-0.39, 0.29) is 81.4 Å². The molecule has 2 aliphatic heterocycles. The average molecular weight is 920 g/mol. The van der Waals surface area contributed by atoms with E-state index >= 15 is 4.79 Å². The van der Waals surface area contributed by atoms with Gasteiger partial charge in [0.25, 0.3) is 11.6 Å². The van der Waals surface area contributed by atoms with Crippen molar-refractivity contribution in [3.8, 4) is 23.0 Å². The van der Waals surface area contributed by atoms with Gasteiger partial charge in [0.15, 0.2) is 11.5 Å². The van der Waals surface area contributed by atoms with Gasteiger partial charge in [0, 0.05) is 60.9 Å². The number of nitrogens with zero attached hydrogens (tertiary/aromatic N) is 3. The summed E-state index contributed by atoms with van der Waals surface area (Å²) in [5, 5.41) is 36.3. The number of halogens is 1. The zero-order valence-corrected chi connectivity index (χ0v) is 37.7. The maximum absolute atomic E-state index is 15.2. The van der Waals surface area contributed by atoms with Crippen molar-refractivity contribution in [3.63, 3.8) is 0 Å². The van der Waals surface area contributed by atoms with Crippen LogP contribution in [-0.2, 0) is 22.8 Å². The molecule has 4 aromatic rings. The lowest BCUT2D eigenvalue weighted by atomic mass is 9.55. The number of carbonyl (C=O) groups is 1. The third-order valence-corrected chi connectivity index (χ3v) is 13.3. The highest BCUT2D eigenvalue weighted by molar-refractivity contribution is 6.03. The molecular weight excluding hydrogens is 862 g/mol. The number of oxime groups is 1. The molecule has 0 aromatic heterocycles. The molecule has 6 atom stereocenters. The molecule has 1 amide bonds. The summed E-state index contributed by atoms with van der Waals surface area (Å²) in [6.07, 6.45) is 8.88. The van der Waals surface area contributed by atoms with Gasteiger partial charge in [0.1, 0.15) is 36.6 Å². The van der Waals surface area contributed by atoms with Gasteiger partial charge in [0.2, 0.25) is 12.6 Å². The number of rotatable bonds is 22. The first-order chi connectivity index (χ1) is 32.7. The van der Waals surface area contributed by atoms with E-state index < -0.39 is 22.7 Å². The van der Waals surface area contributed by atoms with Crippen molar-refractivity contribution in [1.82, 2.24) is 4.90 Å². The summed E-state index contributed by atoms with van der Waals surface area (Å²) in [6.45, 7) is 6.61. The molecule has 0 spiro atoms. The van der Waals surface area contributed by atoms with E-state index in [1.165, 1.54) is 18.2 Å². The number of nitro groups is 1. The molecule has 0 unspecified atom stereocenters. The SMILES string of the molecule is C=CCO[C@@]12Oc3ccc(OCc4ccccc4F)cc3[C@H]3[C@H](CCCCO)[C@@H](CCCCO)C=C(C(=NOCc4ccc([N+](=O)[O-])cc4)C[C@@H]1N(CCC)C(=O)c1ccc4c(c1)OCO4)[C@H]32. The van der Waals surface area contributed by atoms with Crippen LogP contribution in [0.5, 0.6) is 23.0 Å². The fourth-order valence-electron chi connectivity index (χ4n) is 10.2. The lowest BCUT2D eigenvalue weighted by Crippen LogP contribution is -2.70. The van der Waals surface area contributed by atoms with Crippen LogP contribution in [0.4, 0.5) is 10.1 Å². The van der Waals surface area contributed by atoms with Crippen molar-refractivity contribution in [2.24, 2.45) is 22.9 Å². The summed E-state index contributed by atoms with van der Waals surface area (Å²) in [5.74, 6) is -1.03. The fraction of sp³-hybridized carbons (Fsp3) is 0.423. The van der Waals surface area contributed by atoms with Crippen molar-refractivity contribution in [2.75, 3.05) is 33.2 Å². The summed E-state index contributed by atoms with van der Waals surface area (Å²) >= 11 is 0. The molecule has 4 aromatic carbocycles. The second-order valence-electron chi connectivity index (χ2n) is 17.4. The van der Waals surface area contributed by atoms with E-state index in [4.69, 9.17) is 33.7 Å². The van der Waals surface area contributed by atoms with Crippen LogP contribution in [0.3, 0.4) is 0 Å². The van der Waals surface area contributed by atoms with Gasteiger partial charge in [-0.1, -0.05) is 55.3 Å². The van der Waals surface area contributed by atoms with Crippen LogP contribution in [0, 0.1) is 33.7 Å². The number of aliphatic hydroxyl groups is 2. The molecule has 0 radical (unpaired) electrons. The third kappa shape index (κ3) is 10.0.